The summed E-state index contributed by atoms with van der Waals surface area (Å²) in [6.07, 6.45) is 1.64. The monoisotopic (exact) mass is 314 g/mol. The van der Waals surface area contributed by atoms with Crippen LogP contribution in [0.25, 0.3) is 0 Å². The SMILES string of the molecule is COc1ccc(NS(=O)(=O)N2CCCC(CO)C2)cc1C. The van der Waals surface area contributed by atoms with Crippen molar-refractivity contribution in [1.29, 1.82) is 0 Å². The third kappa shape index (κ3) is 3.87. The van der Waals surface area contributed by atoms with Crippen molar-refractivity contribution in [3.63, 3.8) is 0 Å². The number of rotatable bonds is 5. The lowest BCUT2D eigenvalue weighted by Gasteiger charge is -2.31. The number of benzene rings is 1. The van der Waals surface area contributed by atoms with Crippen molar-refractivity contribution in [1.82, 2.24) is 4.31 Å². The van der Waals surface area contributed by atoms with Gasteiger partial charge in [0.1, 0.15) is 5.75 Å². The minimum atomic E-state index is -3.58. The standard InChI is InChI=1S/C14H22N2O4S/c1-11-8-13(5-6-14(11)20-2)15-21(18,19)16-7-3-4-12(9-16)10-17/h5-6,8,12,15,17H,3-4,7,9-10H2,1-2H3. The van der Waals surface area contributed by atoms with Crippen LogP contribution in [-0.2, 0) is 10.2 Å². The molecule has 1 aromatic rings. The number of anilines is 1. The molecule has 1 saturated heterocycles. The normalized spacial score (nSPS) is 20.2. The van der Waals surface area contributed by atoms with Gasteiger partial charge in [0, 0.05) is 19.7 Å². The van der Waals surface area contributed by atoms with E-state index in [1.54, 1.807) is 25.3 Å². The van der Waals surface area contributed by atoms with Crippen molar-refractivity contribution in [2.24, 2.45) is 5.92 Å². The molecule has 0 aromatic heterocycles. The molecule has 2 N–H and O–H groups in total. The highest BCUT2D eigenvalue weighted by Gasteiger charge is 2.28. The zero-order chi connectivity index (χ0) is 15.5. The summed E-state index contributed by atoms with van der Waals surface area (Å²) >= 11 is 0. The molecule has 2 rings (SSSR count). The molecule has 0 radical (unpaired) electrons. The average molecular weight is 314 g/mol. The van der Waals surface area contributed by atoms with Gasteiger partial charge in [0.25, 0.3) is 0 Å². The lowest BCUT2D eigenvalue weighted by molar-refractivity contribution is 0.166. The Morgan fingerprint density at radius 3 is 2.86 bits per heavy atom. The Morgan fingerprint density at radius 2 is 2.24 bits per heavy atom. The summed E-state index contributed by atoms with van der Waals surface area (Å²) in [6, 6.07) is 5.15. The molecule has 1 atom stereocenters. The number of aliphatic hydroxyl groups excluding tert-OH is 1. The lowest BCUT2D eigenvalue weighted by atomic mass is 10.0. The van der Waals surface area contributed by atoms with Crippen molar-refractivity contribution in [2.75, 3.05) is 31.5 Å². The molecule has 1 heterocycles. The first kappa shape index (κ1) is 16.1. The maximum Gasteiger partial charge on any atom is 0.301 e. The molecule has 1 aliphatic heterocycles. The molecule has 1 unspecified atom stereocenters. The number of hydrogen-bond acceptors (Lipinski definition) is 4. The fraction of sp³-hybridized carbons (Fsp3) is 0.571. The van der Waals surface area contributed by atoms with E-state index in [0.717, 1.165) is 24.2 Å². The van der Waals surface area contributed by atoms with E-state index in [1.807, 2.05) is 6.92 Å². The summed E-state index contributed by atoms with van der Waals surface area (Å²) in [5.74, 6) is 0.740. The minimum absolute atomic E-state index is 0.0212. The quantitative estimate of drug-likeness (QED) is 0.860. The molecule has 6 nitrogen and oxygen atoms in total. The van der Waals surface area contributed by atoms with Crippen LogP contribution in [0.5, 0.6) is 5.75 Å². The molecule has 0 saturated carbocycles. The Balaban J connectivity index is 2.11. The van der Waals surface area contributed by atoms with Crippen molar-refractivity contribution in [2.45, 2.75) is 19.8 Å². The first-order chi connectivity index (χ1) is 9.96. The summed E-state index contributed by atoms with van der Waals surface area (Å²) in [6.45, 7) is 2.73. The molecular weight excluding hydrogens is 292 g/mol. The zero-order valence-electron chi connectivity index (χ0n) is 12.4. The highest BCUT2D eigenvalue weighted by Crippen LogP contribution is 2.24. The van der Waals surface area contributed by atoms with Crippen molar-refractivity contribution >= 4 is 15.9 Å². The Kier molecular flexibility index (Phi) is 5.08. The van der Waals surface area contributed by atoms with Crippen LogP contribution >= 0.6 is 0 Å². The Morgan fingerprint density at radius 1 is 1.48 bits per heavy atom. The maximum atomic E-state index is 12.4. The summed E-state index contributed by atoms with van der Waals surface area (Å²) < 4.78 is 33.9. The van der Waals surface area contributed by atoms with E-state index < -0.39 is 10.2 Å². The van der Waals surface area contributed by atoms with Crippen molar-refractivity contribution < 1.29 is 18.3 Å². The Bertz CT molecular complexity index is 589. The van der Waals surface area contributed by atoms with E-state index in [9.17, 15) is 13.5 Å². The van der Waals surface area contributed by atoms with Gasteiger partial charge >= 0.3 is 10.2 Å². The van der Waals surface area contributed by atoms with Gasteiger partial charge < -0.3 is 9.84 Å². The Labute approximate surface area is 125 Å². The smallest absolute Gasteiger partial charge is 0.301 e. The fourth-order valence-corrected chi connectivity index (χ4v) is 3.88. The number of ether oxygens (including phenoxy) is 1. The summed E-state index contributed by atoms with van der Waals surface area (Å²) in [5, 5.41) is 9.20. The number of aryl methyl sites for hydroxylation is 1. The summed E-state index contributed by atoms with van der Waals surface area (Å²) in [5.41, 5.74) is 1.38. The molecule has 7 heteroatoms. The van der Waals surface area contributed by atoms with Gasteiger partial charge in [-0.15, -0.1) is 0 Å². The fourth-order valence-electron chi connectivity index (χ4n) is 2.55. The summed E-state index contributed by atoms with van der Waals surface area (Å²) in [7, 11) is -2.01. The molecule has 0 spiro atoms. The minimum Gasteiger partial charge on any atom is -0.496 e. The molecule has 1 fully saturated rings. The van der Waals surface area contributed by atoms with E-state index in [4.69, 9.17) is 4.74 Å². The zero-order valence-corrected chi connectivity index (χ0v) is 13.2. The van der Waals surface area contributed by atoms with Gasteiger partial charge in [-0.05, 0) is 49.4 Å². The van der Waals surface area contributed by atoms with Crippen LogP contribution in [0.1, 0.15) is 18.4 Å². The van der Waals surface area contributed by atoms with Crippen LogP contribution in [-0.4, -0.2) is 44.6 Å². The van der Waals surface area contributed by atoms with Crippen molar-refractivity contribution in [3.05, 3.63) is 23.8 Å². The van der Waals surface area contributed by atoms with Crippen LogP contribution in [0, 0.1) is 12.8 Å². The average Bonchev–Trinajstić information content (AvgIpc) is 2.47. The highest BCUT2D eigenvalue weighted by molar-refractivity contribution is 7.90. The number of piperidine rings is 1. The number of methoxy groups -OCH3 is 1. The topological polar surface area (TPSA) is 78.9 Å². The van der Waals surface area contributed by atoms with E-state index in [1.165, 1.54) is 4.31 Å². The number of hydrogen-bond donors (Lipinski definition) is 2. The van der Waals surface area contributed by atoms with Crippen molar-refractivity contribution in [3.8, 4) is 5.75 Å². The van der Waals surface area contributed by atoms with Crippen LogP contribution in [0.2, 0.25) is 0 Å². The molecule has 1 aromatic carbocycles. The third-order valence-corrected chi connectivity index (χ3v) is 5.23. The van der Waals surface area contributed by atoms with Gasteiger partial charge in [-0.3, -0.25) is 4.72 Å². The summed E-state index contributed by atoms with van der Waals surface area (Å²) in [4.78, 5) is 0. The largest absolute Gasteiger partial charge is 0.496 e. The molecule has 0 aliphatic carbocycles. The molecular formula is C14H22N2O4S. The van der Waals surface area contributed by atoms with Gasteiger partial charge in [-0.25, -0.2) is 0 Å². The van der Waals surface area contributed by atoms with Crippen LogP contribution in [0.15, 0.2) is 18.2 Å². The number of aliphatic hydroxyl groups is 1. The number of nitrogens with one attached hydrogen (secondary N) is 1. The molecule has 1 aliphatic rings. The second-order valence-electron chi connectivity index (χ2n) is 5.34. The molecule has 0 bridgehead atoms. The van der Waals surface area contributed by atoms with Crippen LogP contribution in [0.4, 0.5) is 5.69 Å². The number of nitrogens with zero attached hydrogens (tertiary/aromatic N) is 1. The lowest BCUT2D eigenvalue weighted by Crippen LogP contribution is -2.43. The van der Waals surface area contributed by atoms with E-state index in [0.29, 0.717) is 18.8 Å². The molecule has 21 heavy (non-hydrogen) atoms. The van der Waals surface area contributed by atoms with Gasteiger partial charge in [-0.2, -0.15) is 12.7 Å². The van der Waals surface area contributed by atoms with Crippen LogP contribution in [0.3, 0.4) is 0 Å². The van der Waals surface area contributed by atoms with E-state index >= 15 is 0 Å². The second kappa shape index (κ2) is 6.64. The predicted molar refractivity (Wildman–Crippen MR) is 81.7 cm³/mol. The third-order valence-electron chi connectivity index (χ3n) is 3.72. The first-order valence-electron chi connectivity index (χ1n) is 6.99. The van der Waals surface area contributed by atoms with E-state index in [-0.39, 0.29) is 12.5 Å². The van der Waals surface area contributed by atoms with E-state index in [2.05, 4.69) is 4.72 Å². The Hall–Kier alpha value is -1.31. The van der Waals surface area contributed by atoms with Gasteiger partial charge in [0.2, 0.25) is 0 Å². The molecule has 0 amide bonds. The van der Waals surface area contributed by atoms with Crippen LogP contribution < -0.4 is 9.46 Å². The van der Waals surface area contributed by atoms with Gasteiger partial charge in [0.05, 0.1) is 12.8 Å². The highest BCUT2D eigenvalue weighted by atomic mass is 32.2. The van der Waals surface area contributed by atoms with Gasteiger partial charge in [-0.1, -0.05) is 0 Å². The predicted octanol–water partition coefficient (Wildman–Crippen LogP) is 1.36. The first-order valence-corrected chi connectivity index (χ1v) is 8.43. The van der Waals surface area contributed by atoms with Gasteiger partial charge in [0.15, 0.2) is 0 Å². The maximum absolute atomic E-state index is 12.4. The molecule has 118 valence electrons. The second-order valence-corrected chi connectivity index (χ2v) is 7.01.